The third-order valence-electron chi connectivity index (χ3n) is 3.64. The molecule has 0 atom stereocenters. The molecular formula is C14H23NOSi. The quantitative estimate of drug-likeness (QED) is 0.781. The summed E-state index contributed by atoms with van der Waals surface area (Å²) >= 11 is 0. The lowest BCUT2D eigenvalue weighted by molar-refractivity contribution is 0.229. The summed E-state index contributed by atoms with van der Waals surface area (Å²) in [7, 11) is -1.17. The Kier molecular flexibility index (Phi) is 3.43. The van der Waals surface area contributed by atoms with E-state index in [-0.39, 0.29) is 12.1 Å². The Labute approximate surface area is 105 Å². The number of nitrogens with one attached hydrogen (secondary N) is 1. The molecule has 1 aromatic carbocycles. The van der Waals surface area contributed by atoms with Gasteiger partial charge in [-0.2, -0.15) is 0 Å². The molecule has 0 aromatic heterocycles. The molecule has 0 bridgehead atoms. The fourth-order valence-electron chi connectivity index (χ4n) is 1.95. The molecule has 0 heterocycles. The Bertz CT molecular complexity index is 376. The van der Waals surface area contributed by atoms with E-state index >= 15 is 0 Å². The number of benzene rings is 1. The number of aliphatic hydroxyl groups is 1. The summed E-state index contributed by atoms with van der Waals surface area (Å²) in [5.41, 5.74) is 1.35. The Morgan fingerprint density at radius 3 is 2.18 bits per heavy atom. The van der Waals surface area contributed by atoms with Crippen LogP contribution in [0, 0.1) is 0 Å². The van der Waals surface area contributed by atoms with Crippen LogP contribution in [0.25, 0.3) is 0 Å². The molecule has 0 amide bonds. The zero-order valence-electron chi connectivity index (χ0n) is 11.1. The van der Waals surface area contributed by atoms with Gasteiger partial charge in [-0.1, -0.05) is 49.1 Å². The normalized spacial score (nSPS) is 18.1. The van der Waals surface area contributed by atoms with Gasteiger partial charge in [0.2, 0.25) is 0 Å². The van der Waals surface area contributed by atoms with Gasteiger partial charge < -0.3 is 10.4 Å². The van der Waals surface area contributed by atoms with E-state index in [2.05, 4.69) is 49.2 Å². The standard InChI is InChI=1S/C14H23NOSi/c1-17(2,3)13-6-4-12(5-7-13)10-15-14(11-16)8-9-14/h4-7,15-16H,8-11H2,1-3H3. The van der Waals surface area contributed by atoms with Gasteiger partial charge in [-0.3, -0.25) is 0 Å². The van der Waals surface area contributed by atoms with Crippen molar-refractivity contribution >= 4 is 13.3 Å². The minimum atomic E-state index is -1.17. The highest BCUT2D eigenvalue weighted by molar-refractivity contribution is 6.88. The van der Waals surface area contributed by atoms with Crippen LogP contribution in [-0.2, 0) is 6.54 Å². The van der Waals surface area contributed by atoms with E-state index < -0.39 is 8.07 Å². The largest absolute Gasteiger partial charge is 0.394 e. The van der Waals surface area contributed by atoms with Crippen LogP contribution in [0.15, 0.2) is 24.3 Å². The zero-order chi connectivity index (χ0) is 12.5. The topological polar surface area (TPSA) is 32.3 Å². The van der Waals surface area contributed by atoms with Crippen molar-refractivity contribution in [3.8, 4) is 0 Å². The molecule has 1 saturated carbocycles. The summed E-state index contributed by atoms with van der Waals surface area (Å²) < 4.78 is 0. The van der Waals surface area contributed by atoms with Crippen LogP contribution in [-0.4, -0.2) is 25.3 Å². The highest BCUT2D eigenvalue weighted by Gasteiger charge is 2.41. The van der Waals surface area contributed by atoms with Crippen LogP contribution in [0.5, 0.6) is 0 Å². The molecule has 3 heteroatoms. The first-order valence-electron chi connectivity index (χ1n) is 6.41. The third kappa shape index (κ3) is 3.18. The summed E-state index contributed by atoms with van der Waals surface area (Å²) in [5.74, 6) is 0. The van der Waals surface area contributed by atoms with E-state index in [4.69, 9.17) is 0 Å². The Hall–Kier alpha value is -0.643. The molecule has 1 aliphatic rings. The molecule has 17 heavy (non-hydrogen) atoms. The molecular weight excluding hydrogens is 226 g/mol. The fourth-order valence-corrected chi connectivity index (χ4v) is 3.12. The summed E-state index contributed by atoms with van der Waals surface area (Å²) in [6, 6.07) is 8.96. The molecule has 0 aliphatic heterocycles. The van der Waals surface area contributed by atoms with E-state index in [1.807, 2.05) is 0 Å². The number of aliphatic hydroxyl groups excluding tert-OH is 1. The van der Waals surface area contributed by atoms with Crippen molar-refractivity contribution in [1.29, 1.82) is 0 Å². The van der Waals surface area contributed by atoms with Gasteiger partial charge in [0.05, 0.1) is 14.7 Å². The monoisotopic (exact) mass is 249 g/mol. The van der Waals surface area contributed by atoms with E-state index in [1.54, 1.807) is 0 Å². The second-order valence-corrected chi connectivity index (χ2v) is 11.3. The first kappa shape index (κ1) is 12.8. The van der Waals surface area contributed by atoms with Crippen LogP contribution in [0.2, 0.25) is 19.6 Å². The van der Waals surface area contributed by atoms with Crippen molar-refractivity contribution in [3.63, 3.8) is 0 Å². The predicted molar refractivity (Wildman–Crippen MR) is 75.3 cm³/mol. The Morgan fingerprint density at radius 2 is 1.76 bits per heavy atom. The zero-order valence-corrected chi connectivity index (χ0v) is 12.1. The first-order chi connectivity index (χ1) is 7.95. The fraction of sp³-hybridized carbons (Fsp3) is 0.571. The summed E-state index contributed by atoms with van der Waals surface area (Å²) in [5, 5.41) is 14.2. The second kappa shape index (κ2) is 4.56. The van der Waals surface area contributed by atoms with E-state index in [9.17, 15) is 5.11 Å². The SMILES string of the molecule is C[Si](C)(C)c1ccc(CNC2(CO)CC2)cc1. The maximum absolute atomic E-state index is 9.23. The van der Waals surface area contributed by atoms with Gasteiger partial charge in [0.25, 0.3) is 0 Å². The summed E-state index contributed by atoms with van der Waals surface area (Å²) in [6.45, 7) is 8.23. The number of hydrogen-bond acceptors (Lipinski definition) is 2. The van der Waals surface area contributed by atoms with Crippen molar-refractivity contribution in [2.45, 2.75) is 44.6 Å². The van der Waals surface area contributed by atoms with Crippen LogP contribution < -0.4 is 10.5 Å². The molecule has 94 valence electrons. The lowest BCUT2D eigenvalue weighted by Crippen LogP contribution is -2.37. The van der Waals surface area contributed by atoms with Crippen molar-refractivity contribution in [2.24, 2.45) is 0 Å². The van der Waals surface area contributed by atoms with E-state index in [0.29, 0.717) is 0 Å². The third-order valence-corrected chi connectivity index (χ3v) is 5.71. The van der Waals surface area contributed by atoms with Gasteiger partial charge in [-0.25, -0.2) is 0 Å². The van der Waals surface area contributed by atoms with Crippen LogP contribution in [0.4, 0.5) is 0 Å². The average molecular weight is 249 g/mol. The molecule has 1 aromatic rings. The Balaban J connectivity index is 1.94. The smallest absolute Gasteiger partial charge is 0.0775 e. The van der Waals surface area contributed by atoms with Gasteiger partial charge in [0.15, 0.2) is 0 Å². The Morgan fingerprint density at radius 1 is 1.18 bits per heavy atom. The average Bonchev–Trinajstić information content (AvgIpc) is 3.06. The molecule has 2 rings (SSSR count). The minimum Gasteiger partial charge on any atom is -0.394 e. The summed E-state index contributed by atoms with van der Waals surface area (Å²) in [6.07, 6.45) is 2.22. The molecule has 2 nitrogen and oxygen atoms in total. The molecule has 0 spiro atoms. The van der Waals surface area contributed by atoms with E-state index in [0.717, 1.165) is 19.4 Å². The molecule has 0 saturated heterocycles. The molecule has 1 aliphatic carbocycles. The lowest BCUT2D eigenvalue weighted by atomic mass is 10.2. The van der Waals surface area contributed by atoms with Crippen molar-refractivity contribution in [3.05, 3.63) is 29.8 Å². The molecule has 2 N–H and O–H groups in total. The highest BCUT2D eigenvalue weighted by atomic mass is 28.3. The number of hydrogen-bond donors (Lipinski definition) is 2. The molecule has 1 fully saturated rings. The first-order valence-corrected chi connectivity index (χ1v) is 9.91. The molecule has 0 radical (unpaired) electrons. The van der Waals surface area contributed by atoms with Gasteiger partial charge in [-0.15, -0.1) is 0 Å². The highest BCUT2D eigenvalue weighted by Crippen LogP contribution is 2.34. The maximum atomic E-state index is 9.23. The van der Waals surface area contributed by atoms with Gasteiger partial charge in [0, 0.05) is 12.1 Å². The minimum absolute atomic E-state index is 0.0391. The van der Waals surface area contributed by atoms with Gasteiger partial charge in [-0.05, 0) is 18.4 Å². The number of rotatable bonds is 5. The van der Waals surface area contributed by atoms with Crippen molar-refractivity contribution < 1.29 is 5.11 Å². The van der Waals surface area contributed by atoms with Crippen LogP contribution >= 0.6 is 0 Å². The molecule has 0 unspecified atom stereocenters. The van der Waals surface area contributed by atoms with Gasteiger partial charge >= 0.3 is 0 Å². The van der Waals surface area contributed by atoms with Crippen molar-refractivity contribution in [1.82, 2.24) is 5.32 Å². The van der Waals surface area contributed by atoms with E-state index in [1.165, 1.54) is 10.8 Å². The van der Waals surface area contributed by atoms with Crippen LogP contribution in [0.3, 0.4) is 0 Å². The van der Waals surface area contributed by atoms with Gasteiger partial charge in [0.1, 0.15) is 0 Å². The predicted octanol–water partition coefficient (Wildman–Crippen LogP) is 1.85. The van der Waals surface area contributed by atoms with Crippen LogP contribution in [0.1, 0.15) is 18.4 Å². The summed E-state index contributed by atoms with van der Waals surface area (Å²) in [4.78, 5) is 0. The lowest BCUT2D eigenvalue weighted by Gasteiger charge is -2.18. The second-order valence-electron chi connectivity index (χ2n) is 6.24. The maximum Gasteiger partial charge on any atom is 0.0775 e. The van der Waals surface area contributed by atoms with Crippen molar-refractivity contribution in [2.75, 3.05) is 6.61 Å².